The van der Waals surface area contributed by atoms with Crippen molar-refractivity contribution < 1.29 is 0 Å². The van der Waals surface area contributed by atoms with Crippen LogP contribution < -0.4 is 11.4 Å². The van der Waals surface area contributed by atoms with Crippen molar-refractivity contribution >= 4 is 0 Å². The van der Waals surface area contributed by atoms with Gasteiger partial charge in [-0.1, -0.05) is 18.6 Å². The number of nitrogens with two attached hydrogens (primary N) is 1. The first kappa shape index (κ1) is 11.4. The Morgan fingerprint density at radius 3 is 2.87 bits per heavy atom. The van der Waals surface area contributed by atoms with E-state index in [9.17, 15) is 4.79 Å². The van der Waals surface area contributed by atoms with E-state index < -0.39 is 0 Å². The molecule has 1 aromatic heterocycles. The van der Waals surface area contributed by atoms with Crippen LogP contribution in [0.2, 0.25) is 0 Å². The van der Waals surface area contributed by atoms with Crippen LogP contribution in [-0.2, 0) is 13.0 Å². The van der Waals surface area contributed by atoms with Crippen LogP contribution in [-0.4, -0.2) is 4.98 Å². The largest absolute Gasteiger partial charge is 0.326 e. The van der Waals surface area contributed by atoms with Crippen molar-refractivity contribution in [1.82, 2.24) is 4.98 Å². The lowest BCUT2D eigenvalue weighted by Gasteiger charge is -2.06. The molecule has 3 N–H and O–H groups in total. The Morgan fingerprint density at radius 2 is 2.27 bits per heavy atom. The van der Waals surface area contributed by atoms with Gasteiger partial charge in [-0.05, 0) is 25.0 Å². The maximum atomic E-state index is 11.6. The van der Waals surface area contributed by atoms with Gasteiger partial charge in [0.1, 0.15) is 0 Å². The first-order valence-corrected chi connectivity index (χ1v) is 4.97. The Balaban J connectivity index is 3.14. The van der Waals surface area contributed by atoms with Crippen LogP contribution in [0.4, 0.5) is 0 Å². The summed E-state index contributed by atoms with van der Waals surface area (Å²) >= 11 is 0. The summed E-state index contributed by atoms with van der Waals surface area (Å²) in [5, 5.41) is 6.83. The number of rotatable bonds is 4. The molecule has 0 saturated heterocycles. The number of H-pyrrole nitrogens is 1. The quantitative estimate of drug-likeness (QED) is 0.446. The lowest BCUT2D eigenvalue weighted by atomic mass is 10.0. The van der Waals surface area contributed by atoms with E-state index in [1.807, 2.05) is 13.0 Å². The Labute approximate surface area is 88.4 Å². The van der Waals surface area contributed by atoms with E-state index >= 15 is 0 Å². The zero-order chi connectivity index (χ0) is 11.3. The predicted octanol–water partition coefficient (Wildman–Crippen LogP) is 1.46. The molecule has 1 rings (SSSR count). The first-order valence-electron chi connectivity index (χ1n) is 4.97. The SMILES string of the molecule is CCCc1cc(C)[nH]c(=O)c1CN=NN. The van der Waals surface area contributed by atoms with Gasteiger partial charge in [0.25, 0.3) is 5.56 Å². The van der Waals surface area contributed by atoms with E-state index in [-0.39, 0.29) is 12.1 Å². The molecule has 0 radical (unpaired) electrons. The molecule has 1 aromatic rings. The normalized spacial score (nSPS) is 11.1. The number of aromatic nitrogens is 1. The van der Waals surface area contributed by atoms with Crippen LogP contribution in [0, 0.1) is 6.92 Å². The summed E-state index contributed by atoms with van der Waals surface area (Å²) < 4.78 is 0. The molecule has 0 bridgehead atoms. The standard InChI is InChI=1S/C10H16N4O/c1-3-4-8-5-7(2)13-10(15)9(8)6-12-14-11/h5H,3-4,6H2,1-2H3,(H2,11,12)(H,13,15). The van der Waals surface area contributed by atoms with Gasteiger partial charge in [-0.25, -0.2) is 0 Å². The summed E-state index contributed by atoms with van der Waals surface area (Å²) in [4.78, 5) is 14.4. The Hall–Kier alpha value is -1.65. The molecule has 0 atom stereocenters. The Bertz CT molecular complexity index is 408. The molecule has 15 heavy (non-hydrogen) atoms. The van der Waals surface area contributed by atoms with Crippen LogP contribution in [0.3, 0.4) is 0 Å². The molecule has 5 heteroatoms. The summed E-state index contributed by atoms with van der Waals surface area (Å²) in [7, 11) is 0. The van der Waals surface area contributed by atoms with Gasteiger partial charge in [0.05, 0.1) is 6.54 Å². The highest BCUT2D eigenvalue weighted by Gasteiger charge is 2.07. The molecule has 0 saturated carbocycles. The first-order chi connectivity index (χ1) is 7.19. The third-order valence-electron chi connectivity index (χ3n) is 2.19. The highest BCUT2D eigenvalue weighted by Crippen LogP contribution is 2.09. The zero-order valence-electron chi connectivity index (χ0n) is 9.08. The molecule has 0 spiro atoms. The van der Waals surface area contributed by atoms with E-state index in [1.165, 1.54) is 0 Å². The van der Waals surface area contributed by atoms with E-state index in [0.717, 1.165) is 24.1 Å². The molecule has 0 aromatic carbocycles. The van der Waals surface area contributed by atoms with Crippen molar-refractivity contribution in [2.24, 2.45) is 16.2 Å². The van der Waals surface area contributed by atoms with Gasteiger partial charge in [0, 0.05) is 11.3 Å². The van der Waals surface area contributed by atoms with Crippen LogP contribution in [0.15, 0.2) is 21.2 Å². The minimum Gasteiger partial charge on any atom is -0.326 e. The van der Waals surface area contributed by atoms with Crippen molar-refractivity contribution in [3.63, 3.8) is 0 Å². The number of aryl methyl sites for hydroxylation is 2. The summed E-state index contributed by atoms with van der Waals surface area (Å²) in [6.07, 6.45) is 1.87. The van der Waals surface area contributed by atoms with Crippen LogP contribution in [0.1, 0.15) is 30.2 Å². The second kappa shape index (κ2) is 5.29. The average Bonchev–Trinajstić information content (AvgIpc) is 2.17. The topological polar surface area (TPSA) is 83.6 Å². The smallest absolute Gasteiger partial charge is 0.253 e. The highest BCUT2D eigenvalue weighted by atomic mass is 16.1. The minimum absolute atomic E-state index is 0.0918. The molecule has 0 fully saturated rings. The molecule has 0 aliphatic rings. The Morgan fingerprint density at radius 1 is 1.53 bits per heavy atom. The van der Waals surface area contributed by atoms with Crippen molar-refractivity contribution in [2.45, 2.75) is 33.2 Å². The maximum absolute atomic E-state index is 11.6. The number of aromatic amines is 1. The second-order valence-electron chi connectivity index (χ2n) is 3.45. The fraction of sp³-hybridized carbons (Fsp3) is 0.500. The van der Waals surface area contributed by atoms with E-state index in [4.69, 9.17) is 5.84 Å². The van der Waals surface area contributed by atoms with Crippen molar-refractivity contribution in [1.29, 1.82) is 0 Å². The van der Waals surface area contributed by atoms with E-state index in [2.05, 4.69) is 22.2 Å². The van der Waals surface area contributed by atoms with Gasteiger partial charge in [0.15, 0.2) is 0 Å². The third-order valence-corrected chi connectivity index (χ3v) is 2.19. The third kappa shape index (κ3) is 2.90. The van der Waals surface area contributed by atoms with Gasteiger partial charge < -0.3 is 10.8 Å². The summed E-state index contributed by atoms with van der Waals surface area (Å²) in [5.41, 5.74) is 2.48. The van der Waals surface area contributed by atoms with E-state index in [0.29, 0.717) is 5.56 Å². The highest BCUT2D eigenvalue weighted by molar-refractivity contribution is 5.26. The number of nitrogens with one attached hydrogen (secondary N) is 1. The number of hydrogen-bond acceptors (Lipinski definition) is 3. The molecule has 0 aliphatic heterocycles. The number of hydrogen-bond donors (Lipinski definition) is 2. The van der Waals surface area contributed by atoms with Gasteiger partial charge >= 0.3 is 0 Å². The fourth-order valence-electron chi connectivity index (χ4n) is 1.56. The van der Waals surface area contributed by atoms with Gasteiger partial charge in [-0.15, -0.1) is 0 Å². The molecule has 1 heterocycles. The predicted molar refractivity (Wildman–Crippen MR) is 58.5 cm³/mol. The monoisotopic (exact) mass is 208 g/mol. The van der Waals surface area contributed by atoms with Crippen LogP contribution in [0.25, 0.3) is 0 Å². The average molecular weight is 208 g/mol. The molecule has 5 nitrogen and oxygen atoms in total. The molecular formula is C10H16N4O. The van der Waals surface area contributed by atoms with Gasteiger partial charge in [-0.3, -0.25) is 4.79 Å². The number of pyridine rings is 1. The summed E-state index contributed by atoms with van der Waals surface area (Å²) in [5.74, 6) is 4.93. The van der Waals surface area contributed by atoms with Crippen molar-refractivity contribution in [3.8, 4) is 0 Å². The molecule has 0 aliphatic carbocycles. The lowest BCUT2D eigenvalue weighted by molar-refractivity contribution is 0.831. The second-order valence-corrected chi connectivity index (χ2v) is 3.45. The van der Waals surface area contributed by atoms with Crippen LogP contribution >= 0.6 is 0 Å². The van der Waals surface area contributed by atoms with Crippen molar-refractivity contribution in [3.05, 3.63) is 33.2 Å². The zero-order valence-corrected chi connectivity index (χ0v) is 9.08. The maximum Gasteiger partial charge on any atom is 0.253 e. The van der Waals surface area contributed by atoms with Gasteiger partial charge in [-0.2, -0.15) is 5.11 Å². The molecule has 82 valence electrons. The molecule has 0 amide bonds. The van der Waals surface area contributed by atoms with Gasteiger partial charge in [0.2, 0.25) is 0 Å². The van der Waals surface area contributed by atoms with E-state index in [1.54, 1.807) is 0 Å². The molecular weight excluding hydrogens is 192 g/mol. The minimum atomic E-state index is -0.0918. The van der Waals surface area contributed by atoms with Crippen LogP contribution in [0.5, 0.6) is 0 Å². The fourth-order valence-corrected chi connectivity index (χ4v) is 1.56. The van der Waals surface area contributed by atoms with Crippen molar-refractivity contribution in [2.75, 3.05) is 0 Å². The molecule has 0 unspecified atom stereocenters. The summed E-state index contributed by atoms with van der Waals surface area (Å²) in [6, 6.07) is 1.98. The summed E-state index contributed by atoms with van der Waals surface area (Å²) in [6.45, 7) is 4.20. The Kier molecular flexibility index (Phi) is 4.03. The lowest BCUT2D eigenvalue weighted by Crippen LogP contribution is -2.16. The number of nitrogens with zero attached hydrogens (tertiary/aromatic N) is 2.